The van der Waals surface area contributed by atoms with Crippen LogP contribution in [0.15, 0.2) is 29.2 Å². The van der Waals surface area contributed by atoms with Crippen molar-refractivity contribution < 1.29 is 4.39 Å². The molecule has 0 aliphatic rings. The molecule has 2 aromatic rings. The summed E-state index contributed by atoms with van der Waals surface area (Å²) < 4.78 is 12.7. The third kappa shape index (κ3) is 3.54. The number of aromatic amines is 1. The molecule has 17 heavy (non-hydrogen) atoms. The minimum Gasteiger partial charge on any atom is -0.330 e. The summed E-state index contributed by atoms with van der Waals surface area (Å²) in [5.74, 6) is 2.01. The minimum absolute atomic E-state index is 0.223. The monoisotopic (exact) mass is 252 g/mol. The molecular weight excluding hydrogens is 239 g/mol. The average molecular weight is 252 g/mol. The van der Waals surface area contributed by atoms with Crippen LogP contribution in [0.25, 0.3) is 0 Å². The number of benzene rings is 1. The molecule has 0 saturated carbocycles. The fourth-order valence-corrected chi connectivity index (χ4v) is 2.08. The quantitative estimate of drug-likeness (QED) is 0.795. The highest BCUT2D eigenvalue weighted by Gasteiger charge is 2.03. The van der Waals surface area contributed by atoms with Crippen molar-refractivity contribution in [1.82, 2.24) is 15.2 Å². The number of nitrogens with two attached hydrogens (primary N) is 1. The van der Waals surface area contributed by atoms with Gasteiger partial charge in [-0.2, -0.15) is 5.10 Å². The van der Waals surface area contributed by atoms with Gasteiger partial charge >= 0.3 is 0 Å². The van der Waals surface area contributed by atoms with Gasteiger partial charge < -0.3 is 5.73 Å². The van der Waals surface area contributed by atoms with Gasteiger partial charge in [0, 0.05) is 11.3 Å². The predicted octanol–water partition coefficient (Wildman–Crippen LogP) is 1.74. The third-order valence-electron chi connectivity index (χ3n) is 2.14. The van der Waals surface area contributed by atoms with E-state index in [-0.39, 0.29) is 5.82 Å². The Balaban J connectivity index is 1.90. The van der Waals surface area contributed by atoms with Crippen molar-refractivity contribution in [2.75, 3.05) is 6.54 Å². The average Bonchev–Trinajstić information content (AvgIpc) is 2.77. The summed E-state index contributed by atoms with van der Waals surface area (Å²) >= 11 is 1.58. The van der Waals surface area contributed by atoms with Crippen LogP contribution >= 0.6 is 11.8 Å². The summed E-state index contributed by atoms with van der Waals surface area (Å²) in [5, 5.41) is 6.90. The number of hydrogen-bond acceptors (Lipinski definition) is 4. The molecular formula is C11H13FN4S. The van der Waals surface area contributed by atoms with E-state index < -0.39 is 0 Å². The molecule has 0 spiro atoms. The summed E-state index contributed by atoms with van der Waals surface area (Å²) in [6.07, 6.45) is 0.678. The van der Waals surface area contributed by atoms with E-state index in [1.54, 1.807) is 23.9 Å². The molecule has 0 fully saturated rings. The Labute approximate surface area is 103 Å². The highest BCUT2D eigenvalue weighted by atomic mass is 32.2. The zero-order valence-corrected chi connectivity index (χ0v) is 10.0. The highest BCUT2D eigenvalue weighted by molar-refractivity contribution is 7.98. The Kier molecular flexibility index (Phi) is 4.11. The molecule has 0 bridgehead atoms. The second kappa shape index (κ2) is 5.79. The first-order valence-electron chi connectivity index (χ1n) is 5.26. The Bertz CT molecular complexity index is 469. The molecule has 4 nitrogen and oxygen atoms in total. The first-order chi connectivity index (χ1) is 8.28. The van der Waals surface area contributed by atoms with Crippen LogP contribution < -0.4 is 5.73 Å². The molecule has 0 atom stereocenters. The van der Waals surface area contributed by atoms with Crippen LogP contribution in [-0.2, 0) is 12.2 Å². The summed E-state index contributed by atoms with van der Waals surface area (Å²) in [6.45, 7) is 0.544. The van der Waals surface area contributed by atoms with Gasteiger partial charge in [0.1, 0.15) is 11.6 Å². The van der Waals surface area contributed by atoms with Crippen LogP contribution in [0.2, 0.25) is 0 Å². The lowest BCUT2D eigenvalue weighted by molar-refractivity contribution is 0.626. The van der Waals surface area contributed by atoms with E-state index in [0.717, 1.165) is 16.5 Å². The molecule has 2 rings (SSSR count). The number of aromatic nitrogens is 3. The molecule has 1 aromatic heterocycles. The van der Waals surface area contributed by atoms with Crippen molar-refractivity contribution in [3.05, 3.63) is 41.7 Å². The fourth-order valence-electron chi connectivity index (χ4n) is 1.32. The van der Waals surface area contributed by atoms with E-state index >= 15 is 0 Å². The van der Waals surface area contributed by atoms with Crippen LogP contribution in [0.4, 0.5) is 4.39 Å². The van der Waals surface area contributed by atoms with Gasteiger partial charge in [0.2, 0.25) is 0 Å². The normalized spacial score (nSPS) is 10.7. The van der Waals surface area contributed by atoms with Gasteiger partial charge in [0.05, 0.1) is 5.75 Å². The number of rotatable bonds is 5. The van der Waals surface area contributed by atoms with Crippen molar-refractivity contribution in [3.8, 4) is 0 Å². The number of thioether (sulfide) groups is 1. The molecule has 0 aliphatic heterocycles. The lowest BCUT2D eigenvalue weighted by Gasteiger charge is -1.98. The van der Waals surface area contributed by atoms with Crippen LogP contribution in [-0.4, -0.2) is 21.7 Å². The third-order valence-corrected chi connectivity index (χ3v) is 3.16. The second-order valence-corrected chi connectivity index (χ2v) is 4.53. The number of H-pyrrole nitrogens is 1. The largest absolute Gasteiger partial charge is 0.330 e. The maximum absolute atomic E-state index is 12.7. The van der Waals surface area contributed by atoms with Gasteiger partial charge in [-0.3, -0.25) is 5.10 Å². The standard InChI is InChI=1S/C11H13FN4S/c12-8-1-3-9(4-2-8)17-7-11-14-10(5-6-13)15-16-11/h1-4H,5-7,13H2,(H,14,15,16). The van der Waals surface area contributed by atoms with E-state index in [9.17, 15) is 4.39 Å². The zero-order chi connectivity index (χ0) is 12.1. The van der Waals surface area contributed by atoms with E-state index in [2.05, 4.69) is 15.2 Å². The predicted molar refractivity (Wildman–Crippen MR) is 65.1 cm³/mol. The molecule has 1 heterocycles. The SMILES string of the molecule is NCCc1n[nH]c(CSc2ccc(F)cc2)n1. The van der Waals surface area contributed by atoms with Crippen molar-refractivity contribution in [3.63, 3.8) is 0 Å². The van der Waals surface area contributed by atoms with E-state index in [1.807, 2.05) is 0 Å². The summed E-state index contributed by atoms with van der Waals surface area (Å²) in [7, 11) is 0. The summed E-state index contributed by atoms with van der Waals surface area (Å²) in [5.41, 5.74) is 5.41. The first-order valence-corrected chi connectivity index (χ1v) is 6.25. The fraction of sp³-hybridized carbons (Fsp3) is 0.273. The van der Waals surface area contributed by atoms with E-state index in [0.29, 0.717) is 18.7 Å². The summed E-state index contributed by atoms with van der Waals surface area (Å²) in [6, 6.07) is 6.39. The molecule has 1 aromatic carbocycles. The van der Waals surface area contributed by atoms with Crippen LogP contribution in [0.5, 0.6) is 0 Å². The van der Waals surface area contributed by atoms with Crippen LogP contribution in [0, 0.1) is 5.82 Å². The summed E-state index contributed by atoms with van der Waals surface area (Å²) in [4.78, 5) is 5.29. The smallest absolute Gasteiger partial charge is 0.151 e. The molecule has 0 aliphatic carbocycles. The Morgan fingerprint density at radius 2 is 2.06 bits per heavy atom. The number of nitrogens with zero attached hydrogens (tertiary/aromatic N) is 2. The molecule has 90 valence electrons. The van der Waals surface area contributed by atoms with E-state index in [1.165, 1.54) is 12.1 Å². The van der Waals surface area contributed by atoms with Gasteiger partial charge in [-0.05, 0) is 30.8 Å². The maximum atomic E-state index is 12.7. The van der Waals surface area contributed by atoms with Crippen molar-refractivity contribution in [2.45, 2.75) is 17.1 Å². The lowest BCUT2D eigenvalue weighted by Crippen LogP contribution is -2.03. The Hall–Kier alpha value is -1.40. The van der Waals surface area contributed by atoms with Crippen molar-refractivity contribution in [1.29, 1.82) is 0 Å². The molecule has 3 N–H and O–H groups in total. The van der Waals surface area contributed by atoms with Gasteiger partial charge in [-0.25, -0.2) is 9.37 Å². The van der Waals surface area contributed by atoms with Crippen molar-refractivity contribution >= 4 is 11.8 Å². The molecule has 0 amide bonds. The molecule has 0 unspecified atom stereocenters. The second-order valence-electron chi connectivity index (χ2n) is 3.48. The van der Waals surface area contributed by atoms with Gasteiger partial charge in [-0.15, -0.1) is 11.8 Å². The minimum atomic E-state index is -0.223. The first kappa shape index (κ1) is 12.1. The Morgan fingerprint density at radius 3 is 2.76 bits per heavy atom. The van der Waals surface area contributed by atoms with Gasteiger partial charge in [-0.1, -0.05) is 0 Å². The lowest BCUT2D eigenvalue weighted by atomic mass is 10.4. The van der Waals surface area contributed by atoms with Crippen LogP contribution in [0.1, 0.15) is 11.6 Å². The van der Waals surface area contributed by atoms with Gasteiger partial charge in [0.15, 0.2) is 5.82 Å². The zero-order valence-electron chi connectivity index (χ0n) is 9.19. The maximum Gasteiger partial charge on any atom is 0.151 e. The number of halogens is 1. The van der Waals surface area contributed by atoms with Crippen LogP contribution in [0.3, 0.4) is 0 Å². The van der Waals surface area contributed by atoms with Crippen molar-refractivity contribution in [2.24, 2.45) is 5.73 Å². The molecule has 0 radical (unpaired) electrons. The molecule has 0 saturated heterocycles. The number of hydrogen-bond donors (Lipinski definition) is 2. The number of nitrogens with one attached hydrogen (secondary N) is 1. The van der Waals surface area contributed by atoms with Gasteiger partial charge in [0.25, 0.3) is 0 Å². The topological polar surface area (TPSA) is 67.6 Å². The molecule has 6 heteroatoms. The Morgan fingerprint density at radius 1 is 1.29 bits per heavy atom. The van der Waals surface area contributed by atoms with E-state index in [4.69, 9.17) is 5.73 Å². The highest BCUT2D eigenvalue weighted by Crippen LogP contribution is 2.21.